The average molecular weight is 284 g/mol. The van der Waals surface area contributed by atoms with E-state index < -0.39 is 3.92 Å². The van der Waals surface area contributed by atoms with Gasteiger partial charge >= 0.3 is 0 Å². The lowest BCUT2D eigenvalue weighted by atomic mass is 10.3. The minimum Gasteiger partial charge on any atom is -0.304 e. The molecule has 6 heteroatoms. The molecule has 0 aliphatic carbocycles. The van der Waals surface area contributed by atoms with Gasteiger partial charge in [-0.05, 0) is 6.26 Å². The Morgan fingerprint density at radius 3 is 2.73 bits per heavy atom. The predicted octanol–water partition coefficient (Wildman–Crippen LogP) is 0.165. The summed E-state index contributed by atoms with van der Waals surface area (Å²) in [5.41, 5.74) is 0. The van der Waals surface area contributed by atoms with Crippen LogP contribution in [0, 0.1) is 0 Å². The molecule has 1 rings (SSSR count). The predicted molar refractivity (Wildman–Crippen MR) is 51.9 cm³/mol. The lowest BCUT2D eigenvalue weighted by molar-refractivity contribution is -0.126. The second kappa shape index (κ2) is 3.53. The SMILES string of the molecule is CSC1=NC(=O)C(I)C(=O)N1. The number of amides is 2. The number of hydrogen-bond acceptors (Lipinski definition) is 3. The first-order valence-corrected chi connectivity index (χ1v) is 5.23. The summed E-state index contributed by atoms with van der Waals surface area (Å²) in [5, 5.41) is 2.87. The van der Waals surface area contributed by atoms with Crippen molar-refractivity contribution < 1.29 is 9.59 Å². The Morgan fingerprint density at radius 2 is 2.27 bits per heavy atom. The van der Waals surface area contributed by atoms with E-state index in [0.29, 0.717) is 5.17 Å². The highest BCUT2D eigenvalue weighted by atomic mass is 127. The van der Waals surface area contributed by atoms with Crippen molar-refractivity contribution >= 4 is 51.3 Å². The van der Waals surface area contributed by atoms with E-state index >= 15 is 0 Å². The fraction of sp³-hybridized carbons (Fsp3) is 0.400. The van der Waals surface area contributed by atoms with Gasteiger partial charge in [-0.2, -0.15) is 4.99 Å². The summed E-state index contributed by atoms with van der Waals surface area (Å²) >= 11 is 3.01. The Bertz CT molecular complexity index is 241. The Kier molecular flexibility index (Phi) is 2.88. The second-order valence-electron chi connectivity index (χ2n) is 1.81. The summed E-state index contributed by atoms with van der Waals surface area (Å²) in [4.78, 5) is 25.5. The molecule has 1 unspecified atom stereocenters. The largest absolute Gasteiger partial charge is 0.304 e. The van der Waals surface area contributed by atoms with Crippen molar-refractivity contribution in [2.45, 2.75) is 3.92 Å². The van der Waals surface area contributed by atoms with Crippen LogP contribution in [0.3, 0.4) is 0 Å². The summed E-state index contributed by atoms with van der Waals surface area (Å²) in [6, 6.07) is 0. The van der Waals surface area contributed by atoms with Gasteiger partial charge in [-0.25, -0.2) is 0 Å². The van der Waals surface area contributed by atoms with Crippen molar-refractivity contribution in [2.75, 3.05) is 6.26 Å². The molecule has 1 aliphatic rings. The van der Waals surface area contributed by atoms with Gasteiger partial charge < -0.3 is 5.32 Å². The number of hydrogen-bond donors (Lipinski definition) is 1. The van der Waals surface area contributed by atoms with Gasteiger partial charge in [0.15, 0.2) is 9.09 Å². The van der Waals surface area contributed by atoms with E-state index in [1.165, 1.54) is 11.8 Å². The van der Waals surface area contributed by atoms with Crippen LogP contribution in [0.1, 0.15) is 0 Å². The van der Waals surface area contributed by atoms with Crippen LogP contribution in [-0.4, -0.2) is 27.2 Å². The standard InChI is InChI=1S/C5H5IN2O2S/c1-11-5-7-3(9)2(6)4(10)8-5/h2H,1H3,(H,7,8,9,10). The summed E-state index contributed by atoms with van der Waals surface area (Å²) in [5.74, 6) is -0.659. The van der Waals surface area contributed by atoms with Crippen LogP contribution >= 0.6 is 34.4 Å². The zero-order valence-electron chi connectivity index (χ0n) is 5.63. The van der Waals surface area contributed by atoms with Gasteiger partial charge in [0.05, 0.1) is 0 Å². The highest BCUT2D eigenvalue weighted by molar-refractivity contribution is 14.1. The van der Waals surface area contributed by atoms with E-state index in [9.17, 15) is 9.59 Å². The molecule has 60 valence electrons. The zero-order valence-corrected chi connectivity index (χ0v) is 8.60. The molecule has 1 N–H and O–H groups in total. The van der Waals surface area contributed by atoms with Crippen LogP contribution in [-0.2, 0) is 9.59 Å². The van der Waals surface area contributed by atoms with Gasteiger partial charge in [0.1, 0.15) is 0 Å². The number of amidine groups is 1. The van der Waals surface area contributed by atoms with E-state index in [4.69, 9.17) is 0 Å². The van der Waals surface area contributed by atoms with Gasteiger partial charge in [0, 0.05) is 0 Å². The van der Waals surface area contributed by atoms with Gasteiger partial charge in [0.25, 0.3) is 5.91 Å². The van der Waals surface area contributed by atoms with Gasteiger partial charge in [-0.3, -0.25) is 9.59 Å². The molecule has 0 aromatic carbocycles. The maximum absolute atomic E-state index is 10.9. The Labute approximate surface area is 81.3 Å². The number of alkyl halides is 1. The van der Waals surface area contributed by atoms with Crippen molar-refractivity contribution in [3.8, 4) is 0 Å². The number of carbonyl (C=O) groups excluding carboxylic acids is 2. The molecule has 0 bridgehead atoms. The van der Waals surface area contributed by atoms with E-state index in [-0.39, 0.29) is 11.8 Å². The molecule has 0 saturated heterocycles. The first-order chi connectivity index (χ1) is 5.15. The van der Waals surface area contributed by atoms with Crippen molar-refractivity contribution in [1.29, 1.82) is 0 Å². The van der Waals surface area contributed by atoms with E-state index in [0.717, 1.165) is 0 Å². The van der Waals surface area contributed by atoms with Crippen LogP contribution in [0.4, 0.5) is 0 Å². The molecule has 11 heavy (non-hydrogen) atoms. The topological polar surface area (TPSA) is 58.5 Å². The number of nitrogens with one attached hydrogen (secondary N) is 1. The third-order valence-corrected chi connectivity index (χ3v) is 2.76. The molecule has 1 heterocycles. The quantitative estimate of drug-likeness (QED) is 0.392. The Morgan fingerprint density at radius 1 is 1.64 bits per heavy atom. The zero-order chi connectivity index (χ0) is 8.43. The lowest BCUT2D eigenvalue weighted by Crippen LogP contribution is -2.43. The summed E-state index contributed by atoms with van der Waals surface area (Å²) in [6.07, 6.45) is 1.75. The summed E-state index contributed by atoms with van der Waals surface area (Å²) in [6.45, 7) is 0. The van der Waals surface area contributed by atoms with Crippen molar-refractivity contribution in [1.82, 2.24) is 5.32 Å². The number of carbonyl (C=O) groups is 2. The molecular weight excluding hydrogens is 279 g/mol. The van der Waals surface area contributed by atoms with Crippen molar-refractivity contribution in [3.05, 3.63) is 0 Å². The maximum Gasteiger partial charge on any atom is 0.270 e. The van der Waals surface area contributed by atoms with E-state index in [2.05, 4.69) is 10.3 Å². The average Bonchev–Trinajstić information content (AvgIpc) is 1.99. The van der Waals surface area contributed by atoms with Crippen LogP contribution in [0.15, 0.2) is 4.99 Å². The van der Waals surface area contributed by atoms with Gasteiger partial charge in [0.2, 0.25) is 5.91 Å². The third kappa shape index (κ3) is 1.92. The molecule has 0 radical (unpaired) electrons. The second-order valence-corrected chi connectivity index (χ2v) is 3.85. The molecule has 0 aromatic heterocycles. The van der Waals surface area contributed by atoms with Gasteiger partial charge in [-0.15, -0.1) is 0 Å². The van der Waals surface area contributed by atoms with Gasteiger partial charge in [-0.1, -0.05) is 34.4 Å². The first kappa shape index (κ1) is 8.98. The molecular formula is C5H5IN2O2S. The summed E-state index contributed by atoms with van der Waals surface area (Å²) < 4.78 is -0.663. The molecule has 0 fully saturated rings. The molecule has 0 aromatic rings. The number of thioether (sulfide) groups is 1. The first-order valence-electron chi connectivity index (χ1n) is 2.76. The molecule has 4 nitrogen and oxygen atoms in total. The summed E-state index contributed by atoms with van der Waals surface area (Å²) in [7, 11) is 0. The molecule has 1 aliphatic heterocycles. The normalized spacial score (nSPS) is 24.5. The molecule has 0 saturated carbocycles. The number of aliphatic imine (C=N–C) groups is 1. The highest BCUT2D eigenvalue weighted by Crippen LogP contribution is 2.10. The maximum atomic E-state index is 10.9. The fourth-order valence-electron chi connectivity index (χ4n) is 0.562. The highest BCUT2D eigenvalue weighted by Gasteiger charge is 2.28. The van der Waals surface area contributed by atoms with Crippen LogP contribution in [0.2, 0.25) is 0 Å². The monoisotopic (exact) mass is 284 g/mol. The van der Waals surface area contributed by atoms with E-state index in [1.54, 1.807) is 28.8 Å². The van der Waals surface area contributed by atoms with Crippen LogP contribution in [0.25, 0.3) is 0 Å². The lowest BCUT2D eigenvalue weighted by Gasteiger charge is -2.13. The van der Waals surface area contributed by atoms with Crippen molar-refractivity contribution in [3.63, 3.8) is 0 Å². The minimum absolute atomic E-state index is 0.282. The van der Waals surface area contributed by atoms with Crippen molar-refractivity contribution in [2.24, 2.45) is 4.99 Å². The van der Waals surface area contributed by atoms with Crippen LogP contribution in [0.5, 0.6) is 0 Å². The smallest absolute Gasteiger partial charge is 0.270 e. The Hall–Kier alpha value is -0.110. The Balaban J connectivity index is 2.85. The molecule has 2 amide bonds. The fourth-order valence-corrected chi connectivity index (χ4v) is 1.24. The molecule has 1 atom stereocenters. The number of nitrogens with zero attached hydrogens (tertiary/aromatic N) is 1. The molecule has 0 spiro atoms. The number of halogens is 1. The third-order valence-electron chi connectivity index (χ3n) is 1.08. The number of rotatable bonds is 0. The van der Waals surface area contributed by atoms with Crippen LogP contribution < -0.4 is 5.32 Å². The minimum atomic E-state index is -0.663. The van der Waals surface area contributed by atoms with E-state index in [1.807, 2.05) is 0 Å².